The van der Waals surface area contributed by atoms with Crippen LogP contribution < -0.4 is 4.74 Å². The van der Waals surface area contributed by atoms with Crippen LogP contribution >= 0.6 is 8.25 Å². The Morgan fingerprint density at radius 1 is 0.906 bits per heavy atom. The van der Waals surface area contributed by atoms with Crippen molar-refractivity contribution in [1.82, 2.24) is 0 Å². The summed E-state index contributed by atoms with van der Waals surface area (Å²) in [5.74, 6) is 0.0449. The molecule has 0 radical (unpaired) electrons. The molecule has 5 nitrogen and oxygen atoms in total. The molecule has 3 aromatic rings. The molecule has 0 aromatic heterocycles. The maximum absolute atomic E-state index is 11.7. The average molecular weight is 455 g/mol. The molecule has 170 valence electrons. The topological polar surface area (TPSA) is 72.8 Å². The van der Waals surface area contributed by atoms with E-state index in [1.54, 1.807) is 0 Å². The van der Waals surface area contributed by atoms with Crippen LogP contribution in [0.15, 0.2) is 78.9 Å². The van der Waals surface area contributed by atoms with Crippen LogP contribution in [0.25, 0.3) is 11.1 Å². The van der Waals surface area contributed by atoms with Crippen molar-refractivity contribution < 1.29 is 23.5 Å². The molecule has 0 heterocycles. The molecule has 3 aromatic carbocycles. The molecule has 0 fully saturated rings. The summed E-state index contributed by atoms with van der Waals surface area (Å²) in [7, 11) is -3.00. The van der Waals surface area contributed by atoms with Gasteiger partial charge in [-0.3, -0.25) is 9.36 Å². The highest BCUT2D eigenvalue weighted by Gasteiger charge is 2.20. The van der Waals surface area contributed by atoms with E-state index in [-0.39, 0.29) is 18.4 Å². The lowest BCUT2D eigenvalue weighted by Crippen LogP contribution is -2.17. The van der Waals surface area contributed by atoms with Gasteiger partial charge in [-0.05, 0) is 35.1 Å². The fraction of sp³-hybridized carbons (Fsp3) is 0.269. The zero-order valence-corrected chi connectivity index (χ0v) is 20.0. The Hall–Kier alpha value is -2.72. The molecule has 0 aliphatic heterocycles. The van der Waals surface area contributed by atoms with Gasteiger partial charge in [0.15, 0.2) is 0 Å². The summed E-state index contributed by atoms with van der Waals surface area (Å²) in [5.41, 5.74) is 4.34. The minimum Gasteiger partial charge on any atom is -0.426 e. The van der Waals surface area contributed by atoms with E-state index >= 15 is 0 Å². The van der Waals surface area contributed by atoms with Crippen molar-refractivity contribution in [2.24, 2.45) is 0 Å². The Kier molecular flexibility index (Phi) is 9.86. The Morgan fingerprint density at radius 3 is 1.91 bits per heavy atom. The van der Waals surface area contributed by atoms with E-state index in [1.165, 1.54) is 11.1 Å². The summed E-state index contributed by atoms with van der Waals surface area (Å²) in [5, 5.41) is 0. The van der Waals surface area contributed by atoms with Crippen LogP contribution in [-0.2, 0) is 19.3 Å². The van der Waals surface area contributed by atoms with Gasteiger partial charge in [-0.1, -0.05) is 93.6 Å². The average Bonchev–Trinajstić information content (AvgIpc) is 2.74. The van der Waals surface area contributed by atoms with Crippen molar-refractivity contribution in [3.8, 4) is 16.9 Å². The number of ether oxygens (including phenoxy) is 1. The highest BCUT2D eigenvalue weighted by molar-refractivity contribution is 7.32. The van der Waals surface area contributed by atoms with Crippen LogP contribution in [0.4, 0.5) is 0 Å². The Bertz CT molecular complexity index is 974. The van der Waals surface area contributed by atoms with Crippen molar-refractivity contribution >= 4 is 14.2 Å². The van der Waals surface area contributed by atoms with Gasteiger partial charge >= 0.3 is 14.2 Å². The first-order valence-corrected chi connectivity index (χ1v) is 11.7. The normalized spacial score (nSPS) is 11.8. The highest BCUT2D eigenvalue weighted by Crippen LogP contribution is 2.32. The van der Waals surface area contributed by atoms with Gasteiger partial charge in [0.1, 0.15) is 5.75 Å². The number of aryl methyl sites for hydroxylation is 1. The second-order valence-electron chi connectivity index (χ2n) is 8.32. The van der Waals surface area contributed by atoms with E-state index in [4.69, 9.17) is 9.63 Å². The van der Waals surface area contributed by atoms with Crippen LogP contribution in [0.5, 0.6) is 5.75 Å². The molecule has 1 unspecified atom stereocenters. The number of carbonyl (C=O) groups excluding carboxylic acids is 1. The molecule has 0 spiro atoms. The fourth-order valence-electron chi connectivity index (χ4n) is 2.99. The molecular weight excluding hydrogens is 423 g/mol. The smallest absolute Gasteiger partial charge is 0.316 e. The quantitative estimate of drug-likeness (QED) is 0.267. The van der Waals surface area contributed by atoms with Gasteiger partial charge in [-0.15, -0.1) is 0 Å². The number of hydrogen-bond acceptors (Lipinski definition) is 4. The van der Waals surface area contributed by atoms with Gasteiger partial charge in [0.2, 0.25) is 0 Å². The summed E-state index contributed by atoms with van der Waals surface area (Å²) in [6.45, 7) is 7.91. The molecule has 0 saturated carbocycles. The lowest BCUT2D eigenvalue weighted by atomic mass is 9.86. The van der Waals surface area contributed by atoms with Crippen molar-refractivity contribution in [1.29, 1.82) is 0 Å². The number of benzene rings is 3. The SMILES string of the molecule is Cc1ccc(C(C)(C)C)c(OC(=O)CCO[PH](=O)O)c1.c1ccc(-c2ccccc2)cc1. The standard InChI is InChI=1S/C14H21O5P.C12H10/c1-10-5-6-11(14(2,3)4)12(9-10)19-13(15)7-8-18-20(16)17;1-3-7-11(8-4-1)12-9-5-2-6-10-12/h5-6,9,20H,7-8H2,1-4H3,(H,16,17);1-10H. The molecule has 0 bridgehead atoms. The van der Waals surface area contributed by atoms with E-state index in [2.05, 4.69) is 53.1 Å². The van der Waals surface area contributed by atoms with Crippen LogP contribution in [0.3, 0.4) is 0 Å². The van der Waals surface area contributed by atoms with Crippen LogP contribution in [0.2, 0.25) is 0 Å². The van der Waals surface area contributed by atoms with Crippen molar-refractivity contribution in [2.75, 3.05) is 6.61 Å². The minimum atomic E-state index is -3.00. The molecule has 32 heavy (non-hydrogen) atoms. The van der Waals surface area contributed by atoms with Gasteiger partial charge < -0.3 is 14.2 Å². The van der Waals surface area contributed by atoms with E-state index in [0.717, 1.165) is 11.1 Å². The van der Waals surface area contributed by atoms with E-state index < -0.39 is 14.2 Å². The summed E-state index contributed by atoms with van der Waals surface area (Å²) in [4.78, 5) is 20.2. The minimum absolute atomic E-state index is 0.0610. The lowest BCUT2D eigenvalue weighted by Gasteiger charge is -2.22. The third-order valence-corrected chi connectivity index (χ3v) is 5.03. The Balaban J connectivity index is 0.000000255. The molecule has 0 amide bonds. The van der Waals surface area contributed by atoms with Crippen molar-refractivity contribution in [3.05, 3.63) is 90.0 Å². The van der Waals surface area contributed by atoms with E-state index in [1.807, 2.05) is 58.0 Å². The van der Waals surface area contributed by atoms with Crippen LogP contribution in [0, 0.1) is 6.92 Å². The van der Waals surface area contributed by atoms with Crippen molar-refractivity contribution in [2.45, 2.75) is 39.5 Å². The predicted molar refractivity (Wildman–Crippen MR) is 129 cm³/mol. The molecule has 1 N–H and O–H groups in total. The number of carbonyl (C=O) groups is 1. The largest absolute Gasteiger partial charge is 0.426 e. The first-order chi connectivity index (χ1) is 15.2. The van der Waals surface area contributed by atoms with Gasteiger partial charge in [0, 0.05) is 5.56 Å². The first kappa shape index (κ1) is 25.5. The molecule has 3 rings (SSSR count). The monoisotopic (exact) mass is 454 g/mol. The Labute approximate surface area is 191 Å². The summed E-state index contributed by atoms with van der Waals surface area (Å²) >= 11 is 0. The van der Waals surface area contributed by atoms with E-state index in [0.29, 0.717) is 5.75 Å². The molecular formula is C26H31O5P. The van der Waals surface area contributed by atoms with Gasteiger partial charge in [-0.25, -0.2) is 0 Å². The third-order valence-electron chi connectivity index (χ3n) is 4.58. The molecule has 1 atom stereocenters. The second-order valence-corrected chi connectivity index (χ2v) is 9.14. The third kappa shape index (κ3) is 8.80. The van der Waals surface area contributed by atoms with Crippen LogP contribution in [0.1, 0.15) is 38.3 Å². The number of rotatable bonds is 6. The molecule has 0 aliphatic rings. The molecule has 6 heteroatoms. The lowest BCUT2D eigenvalue weighted by molar-refractivity contribution is -0.134. The van der Waals surface area contributed by atoms with Crippen molar-refractivity contribution in [3.63, 3.8) is 0 Å². The number of hydrogen-bond donors (Lipinski definition) is 1. The van der Waals surface area contributed by atoms with Gasteiger partial charge in [0.25, 0.3) is 0 Å². The van der Waals surface area contributed by atoms with Gasteiger partial charge in [0.05, 0.1) is 13.0 Å². The van der Waals surface area contributed by atoms with Crippen LogP contribution in [-0.4, -0.2) is 17.5 Å². The second kappa shape index (κ2) is 12.4. The molecule has 0 saturated heterocycles. The first-order valence-electron chi connectivity index (χ1n) is 10.4. The fourth-order valence-corrected chi connectivity index (χ4v) is 3.27. The van der Waals surface area contributed by atoms with E-state index in [9.17, 15) is 9.36 Å². The zero-order chi connectivity index (χ0) is 23.6. The summed E-state index contributed by atoms with van der Waals surface area (Å²) < 4.78 is 20.2. The van der Waals surface area contributed by atoms with Gasteiger partial charge in [-0.2, -0.15) is 0 Å². The predicted octanol–water partition coefficient (Wildman–Crippen LogP) is 6.34. The Morgan fingerprint density at radius 2 is 1.44 bits per heavy atom. The highest BCUT2D eigenvalue weighted by atomic mass is 31.1. The summed E-state index contributed by atoms with van der Waals surface area (Å²) in [6.07, 6.45) is -0.0610. The zero-order valence-electron chi connectivity index (χ0n) is 19.0. The number of esters is 1. The summed E-state index contributed by atoms with van der Waals surface area (Å²) in [6, 6.07) is 26.5. The maximum Gasteiger partial charge on any atom is 0.316 e. The maximum atomic E-state index is 11.7. The molecule has 0 aliphatic carbocycles.